The van der Waals surface area contributed by atoms with Crippen molar-refractivity contribution in [1.29, 1.82) is 0 Å². The Morgan fingerprint density at radius 1 is 1.50 bits per heavy atom. The van der Waals surface area contributed by atoms with Crippen LogP contribution in [-0.2, 0) is 11.3 Å². The van der Waals surface area contributed by atoms with Crippen LogP contribution in [0.25, 0.3) is 0 Å². The monoisotopic (exact) mass is 269 g/mol. The van der Waals surface area contributed by atoms with Gasteiger partial charge >= 0.3 is 0 Å². The molecule has 2 rings (SSSR count). The second-order valence-electron chi connectivity index (χ2n) is 4.92. The molecule has 1 saturated carbocycles. The van der Waals surface area contributed by atoms with E-state index in [1.54, 1.807) is 12.1 Å². The first-order chi connectivity index (χ1) is 8.65. The van der Waals surface area contributed by atoms with Crippen molar-refractivity contribution in [3.05, 3.63) is 22.8 Å². The van der Waals surface area contributed by atoms with E-state index in [1.165, 1.54) is 12.8 Å². The lowest BCUT2D eigenvalue weighted by Crippen LogP contribution is -2.24. The van der Waals surface area contributed by atoms with E-state index >= 15 is 0 Å². The summed E-state index contributed by atoms with van der Waals surface area (Å²) in [5, 5.41) is 0.662. The van der Waals surface area contributed by atoms with Gasteiger partial charge in [0.25, 0.3) is 0 Å². The Labute approximate surface area is 113 Å². The van der Waals surface area contributed by atoms with Gasteiger partial charge in [-0.05, 0) is 37.9 Å². The van der Waals surface area contributed by atoms with Crippen molar-refractivity contribution in [2.45, 2.75) is 19.4 Å². The third-order valence-corrected chi connectivity index (χ3v) is 3.37. The molecule has 0 bridgehead atoms. The zero-order valence-electron chi connectivity index (χ0n) is 10.7. The maximum atomic E-state index is 6.08. The molecule has 100 valence electrons. The topological polar surface area (TPSA) is 51.4 Å². The van der Waals surface area contributed by atoms with Gasteiger partial charge in [-0.2, -0.15) is 0 Å². The Balaban J connectivity index is 1.71. The number of hydrogen-bond acceptors (Lipinski definition) is 4. The summed E-state index contributed by atoms with van der Waals surface area (Å²) in [6.07, 6.45) is 2.66. The van der Waals surface area contributed by atoms with Gasteiger partial charge in [-0.1, -0.05) is 11.6 Å². The van der Waals surface area contributed by atoms with E-state index in [9.17, 15) is 0 Å². The molecule has 2 N–H and O–H groups in total. The molecular weight excluding hydrogens is 250 g/mol. The summed E-state index contributed by atoms with van der Waals surface area (Å²) in [6, 6.07) is 3.50. The summed E-state index contributed by atoms with van der Waals surface area (Å²) in [6.45, 7) is 3.23. The number of aromatic nitrogens is 1. The molecule has 1 aliphatic carbocycles. The van der Waals surface area contributed by atoms with Crippen LogP contribution in [0.2, 0.25) is 5.02 Å². The SMILES string of the molecule is CN(CCOCC1CC1)Cc1nc(N)ccc1Cl. The van der Waals surface area contributed by atoms with Gasteiger partial charge in [-0.25, -0.2) is 4.98 Å². The molecule has 0 aliphatic heterocycles. The summed E-state index contributed by atoms with van der Waals surface area (Å²) >= 11 is 6.08. The standard InChI is InChI=1S/C13H20ClN3O/c1-17(6-7-18-9-10-2-3-10)8-12-11(14)4-5-13(15)16-12/h4-5,10H,2-3,6-9H2,1H3,(H2,15,16). The average Bonchev–Trinajstić information content (AvgIpc) is 3.13. The number of nitrogen functional groups attached to an aromatic ring is 1. The van der Waals surface area contributed by atoms with Crippen molar-refractivity contribution in [3.8, 4) is 0 Å². The van der Waals surface area contributed by atoms with Crippen LogP contribution in [-0.4, -0.2) is 36.7 Å². The fourth-order valence-corrected chi connectivity index (χ4v) is 1.87. The minimum atomic E-state index is 0.507. The molecule has 1 aliphatic rings. The van der Waals surface area contributed by atoms with Crippen molar-refractivity contribution in [3.63, 3.8) is 0 Å². The minimum absolute atomic E-state index is 0.507. The average molecular weight is 270 g/mol. The van der Waals surface area contributed by atoms with E-state index in [2.05, 4.69) is 9.88 Å². The summed E-state index contributed by atoms with van der Waals surface area (Å²) in [5.74, 6) is 1.33. The number of nitrogens with two attached hydrogens (primary N) is 1. The molecule has 18 heavy (non-hydrogen) atoms. The highest BCUT2D eigenvalue weighted by atomic mass is 35.5. The second kappa shape index (κ2) is 6.36. The third-order valence-electron chi connectivity index (χ3n) is 3.03. The van der Waals surface area contributed by atoms with E-state index in [1.807, 2.05) is 7.05 Å². The Kier molecular flexibility index (Phi) is 4.80. The van der Waals surface area contributed by atoms with Crippen LogP contribution in [0.1, 0.15) is 18.5 Å². The predicted octanol–water partition coefficient (Wildman–Crippen LogP) is 2.18. The van der Waals surface area contributed by atoms with Gasteiger partial charge < -0.3 is 10.5 Å². The van der Waals surface area contributed by atoms with Crippen LogP contribution in [0.4, 0.5) is 5.82 Å². The van der Waals surface area contributed by atoms with Crippen molar-refractivity contribution in [2.24, 2.45) is 5.92 Å². The third kappa shape index (κ3) is 4.44. The Bertz CT molecular complexity index is 396. The molecule has 4 nitrogen and oxygen atoms in total. The summed E-state index contributed by atoms with van der Waals surface area (Å²) in [5.41, 5.74) is 6.47. The number of pyridine rings is 1. The van der Waals surface area contributed by atoms with Crippen LogP contribution >= 0.6 is 11.6 Å². The molecule has 5 heteroatoms. The molecule has 0 amide bonds. The quantitative estimate of drug-likeness (QED) is 0.771. The van der Waals surface area contributed by atoms with Gasteiger partial charge in [0.1, 0.15) is 5.82 Å². The molecule has 0 aromatic carbocycles. The maximum absolute atomic E-state index is 6.08. The zero-order valence-corrected chi connectivity index (χ0v) is 11.5. The number of rotatable bonds is 7. The van der Waals surface area contributed by atoms with Gasteiger partial charge in [0.05, 0.1) is 17.3 Å². The smallest absolute Gasteiger partial charge is 0.123 e. The Hall–Kier alpha value is -0.840. The van der Waals surface area contributed by atoms with Crippen LogP contribution in [0.5, 0.6) is 0 Å². The fraction of sp³-hybridized carbons (Fsp3) is 0.615. The number of hydrogen-bond donors (Lipinski definition) is 1. The van der Waals surface area contributed by atoms with Crippen LogP contribution in [0.15, 0.2) is 12.1 Å². The first-order valence-electron chi connectivity index (χ1n) is 6.32. The first-order valence-corrected chi connectivity index (χ1v) is 6.70. The lowest BCUT2D eigenvalue weighted by Gasteiger charge is -2.17. The molecule has 1 heterocycles. The predicted molar refractivity (Wildman–Crippen MR) is 73.5 cm³/mol. The molecular formula is C13H20ClN3O. The van der Waals surface area contributed by atoms with E-state index < -0.39 is 0 Å². The lowest BCUT2D eigenvalue weighted by molar-refractivity contribution is 0.101. The van der Waals surface area contributed by atoms with E-state index in [4.69, 9.17) is 22.1 Å². The summed E-state index contributed by atoms with van der Waals surface area (Å²) < 4.78 is 5.60. The van der Waals surface area contributed by atoms with Gasteiger partial charge in [0, 0.05) is 19.7 Å². The van der Waals surface area contributed by atoms with Crippen molar-refractivity contribution in [2.75, 3.05) is 32.5 Å². The number of ether oxygens (including phenoxy) is 1. The maximum Gasteiger partial charge on any atom is 0.123 e. The van der Waals surface area contributed by atoms with Crippen molar-refractivity contribution >= 4 is 17.4 Å². The Morgan fingerprint density at radius 2 is 2.28 bits per heavy atom. The van der Waals surface area contributed by atoms with E-state index in [0.717, 1.165) is 31.4 Å². The van der Waals surface area contributed by atoms with Crippen LogP contribution in [0.3, 0.4) is 0 Å². The van der Waals surface area contributed by atoms with Gasteiger partial charge in [0.2, 0.25) is 0 Å². The largest absolute Gasteiger partial charge is 0.384 e. The normalized spacial score (nSPS) is 15.3. The number of anilines is 1. The van der Waals surface area contributed by atoms with Gasteiger partial charge in [-0.3, -0.25) is 4.90 Å². The highest BCUT2D eigenvalue weighted by molar-refractivity contribution is 6.31. The number of nitrogens with zero attached hydrogens (tertiary/aromatic N) is 2. The van der Waals surface area contributed by atoms with E-state index in [-0.39, 0.29) is 0 Å². The molecule has 0 unspecified atom stereocenters. The summed E-state index contributed by atoms with van der Waals surface area (Å²) in [4.78, 5) is 6.38. The van der Waals surface area contributed by atoms with Crippen molar-refractivity contribution < 1.29 is 4.74 Å². The minimum Gasteiger partial charge on any atom is -0.384 e. The molecule has 1 aromatic rings. The van der Waals surface area contributed by atoms with Crippen molar-refractivity contribution in [1.82, 2.24) is 9.88 Å². The fourth-order valence-electron chi connectivity index (χ4n) is 1.70. The molecule has 0 spiro atoms. The second-order valence-corrected chi connectivity index (χ2v) is 5.33. The zero-order chi connectivity index (χ0) is 13.0. The molecule has 0 radical (unpaired) electrons. The summed E-state index contributed by atoms with van der Waals surface area (Å²) in [7, 11) is 2.03. The highest BCUT2D eigenvalue weighted by Gasteiger charge is 2.20. The first kappa shape index (κ1) is 13.6. The molecule has 1 aromatic heterocycles. The van der Waals surface area contributed by atoms with Crippen LogP contribution in [0, 0.1) is 5.92 Å². The number of halogens is 1. The Morgan fingerprint density at radius 3 is 3.00 bits per heavy atom. The molecule has 1 fully saturated rings. The molecule has 0 atom stereocenters. The highest BCUT2D eigenvalue weighted by Crippen LogP contribution is 2.28. The van der Waals surface area contributed by atoms with Gasteiger partial charge in [0.15, 0.2) is 0 Å². The van der Waals surface area contributed by atoms with Gasteiger partial charge in [-0.15, -0.1) is 0 Å². The lowest BCUT2D eigenvalue weighted by atomic mass is 10.3. The van der Waals surface area contributed by atoms with E-state index in [0.29, 0.717) is 17.4 Å². The number of likely N-dealkylation sites (N-methyl/N-ethyl adjacent to an activating group) is 1. The van der Waals surface area contributed by atoms with Crippen LogP contribution < -0.4 is 5.73 Å². The molecule has 0 saturated heterocycles.